The molecule has 4 N–H and O–H groups in total. The molecular formula is C13H20N4O3. The average Bonchev–Trinajstić information content (AvgIpc) is 2.37. The maximum atomic E-state index is 10.8. The number of nitrogens with one attached hydrogen (secondary N) is 1. The fraction of sp³-hybridized carbons (Fsp3) is 0.538. The number of nitrogens with zero attached hydrogens (tertiary/aromatic N) is 2. The van der Waals surface area contributed by atoms with Crippen LogP contribution in [-0.4, -0.2) is 33.6 Å². The maximum absolute atomic E-state index is 10.8. The SMILES string of the molecule is CC1(O)CCCN(Cc2ccc([N+](=O)[O-])c(NN)c2)C1. The standard InChI is InChI=1S/C13H20N4O3/c1-13(18)5-2-6-16(9-13)8-10-3-4-12(17(19)20)11(7-10)15-14/h3-4,7,15,18H,2,5-6,8-9,14H2,1H3. The Labute approximate surface area is 117 Å². The van der Waals surface area contributed by atoms with Crippen molar-refractivity contribution in [3.63, 3.8) is 0 Å². The van der Waals surface area contributed by atoms with E-state index in [1.54, 1.807) is 12.1 Å². The first-order valence-corrected chi connectivity index (χ1v) is 6.60. The van der Waals surface area contributed by atoms with Crippen molar-refractivity contribution >= 4 is 11.4 Å². The molecule has 1 heterocycles. The Bertz CT molecular complexity index is 504. The van der Waals surface area contributed by atoms with Gasteiger partial charge in [0.05, 0.1) is 10.5 Å². The topological polar surface area (TPSA) is 105 Å². The lowest BCUT2D eigenvalue weighted by molar-refractivity contribution is -0.384. The van der Waals surface area contributed by atoms with Crippen molar-refractivity contribution in [3.8, 4) is 0 Å². The molecule has 0 aromatic heterocycles. The van der Waals surface area contributed by atoms with E-state index < -0.39 is 10.5 Å². The Morgan fingerprint density at radius 3 is 2.95 bits per heavy atom. The highest BCUT2D eigenvalue weighted by molar-refractivity contribution is 5.62. The van der Waals surface area contributed by atoms with E-state index in [4.69, 9.17) is 5.84 Å². The summed E-state index contributed by atoms with van der Waals surface area (Å²) in [5.74, 6) is 5.33. The molecular weight excluding hydrogens is 260 g/mol. The lowest BCUT2D eigenvalue weighted by atomic mass is 9.95. The van der Waals surface area contributed by atoms with Gasteiger partial charge in [-0.25, -0.2) is 0 Å². The number of aliphatic hydroxyl groups is 1. The highest BCUT2D eigenvalue weighted by Gasteiger charge is 2.28. The molecule has 1 unspecified atom stereocenters. The van der Waals surface area contributed by atoms with E-state index in [9.17, 15) is 15.2 Å². The third kappa shape index (κ3) is 3.44. The van der Waals surface area contributed by atoms with Crippen LogP contribution in [0.3, 0.4) is 0 Å². The van der Waals surface area contributed by atoms with Gasteiger partial charge in [0.2, 0.25) is 0 Å². The third-order valence-electron chi connectivity index (χ3n) is 3.57. The zero-order valence-electron chi connectivity index (χ0n) is 11.5. The average molecular weight is 280 g/mol. The first kappa shape index (κ1) is 14.7. The van der Waals surface area contributed by atoms with Crippen LogP contribution in [0.4, 0.5) is 11.4 Å². The number of piperidine rings is 1. The van der Waals surface area contributed by atoms with Crippen molar-refractivity contribution in [2.45, 2.75) is 31.9 Å². The molecule has 1 aromatic carbocycles. The van der Waals surface area contributed by atoms with Crippen molar-refractivity contribution in [2.75, 3.05) is 18.5 Å². The first-order chi connectivity index (χ1) is 9.41. The number of nitro groups is 1. The van der Waals surface area contributed by atoms with E-state index in [0.29, 0.717) is 18.8 Å². The molecule has 0 radical (unpaired) electrons. The minimum absolute atomic E-state index is 0.0399. The van der Waals surface area contributed by atoms with Gasteiger partial charge in [-0.3, -0.25) is 20.9 Å². The number of benzene rings is 1. The van der Waals surface area contributed by atoms with Gasteiger partial charge in [-0.05, 0) is 37.9 Å². The third-order valence-corrected chi connectivity index (χ3v) is 3.57. The maximum Gasteiger partial charge on any atom is 0.293 e. The molecule has 7 heteroatoms. The normalized spacial score (nSPS) is 23.6. The largest absolute Gasteiger partial charge is 0.389 e. The lowest BCUT2D eigenvalue weighted by Crippen LogP contribution is -2.45. The Kier molecular flexibility index (Phi) is 4.22. The molecule has 0 bridgehead atoms. The van der Waals surface area contributed by atoms with Crippen LogP contribution < -0.4 is 11.3 Å². The second-order valence-electron chi connectivity index (χ2n) is 5.56. The summed E-state index contributed by atoms with van der Waals surface area (Å²) < 4.78 is 0. The van der Waals surface area contributed by atoms with Crippen LogP contribution >= 0.6 is 0 Å². The molecule has 7 nitrogen and oxygen atoms in total. The van der Waals surface area contributed by atoms with Crippen molar-refractivity contribution in [3.05, 3.63) is 33.9 Å². The smallest absolute Gasteiger partial charge is 0.293 e. The van der Waals surface area contributed by atoms with Crippen LogP contribution in [0.2, 0.25) is 0 Å². The van der Waals surface area contributed by atoms with E-state index in [1.807, 2.05) is 6.92 Å². The summed E-state index contributed by atoms with van der Waals surface area (Å²) in [7, 11) is 0. The molecule has 0 amide bonds. The summed E-state index contributed by atoms with van der Waals surface area (Å²) in [6.45, 7) is 4.00. The minimum Gasteiger partial charge on any atom is -0.389 e. The van der Waals surface area contributed by atoms with Gasteiger partial charge >= 0.3 is 0 Å². The molecule has 1 aliphatic heterocycles. The van der Waals surface area contributed by atoms with E-state index in [0.717, 1.165) is 24.9 Å². The summed E-state index contributed by atoms with van der Waals surface area (Å²) in [5, 5.41) is 20.9. The summed E-state index contributed by atoms with van der Waals surface area (Å²) in [6.07, 6.45) is 1.75. The number of anilines is 1. The quantitative estimate of drug-likeness (QED) is 0.435. The minimum atomic E-state index is -0.659. The highest BCUT2D eigenvalue weighted by atomic mass is 16.6. The molecule has 1 aliphatic rings. The van der Waals surface area contributed by atoms with E-state index >= 15 is 0 Å². The Hall–Kier alpha value is -1.70. The highest BCUT2D eigenvalue weighted by Crippen LogP contribution is 2.27. The number of hydrogen-bond donors (Lipinski definition) is 3. The Morgan fingerprint density at radius 2 is 2.35 bits per heavy atom. The monoisotopic (exact) mass is 280 g/mol. The number of likely N-dealkylation sites (tertiary alicyclic amines) is 1. The van der Waals surface area contributed by atoms with E-state index in [-0.39, 0.29) is 5.69 Å². The van der Waals surface area contributed by atoms with Crippen molar-refractivity contribution in [1.82, 2.24) is 4.90 Å². The molecule has 0 aliphatic carbocycles. The van der Waals surface area contributed by atoms with Crippen molar-refractivity contribution in [1.29, 1.82) is 0 Å². The van der Waals surface area contributed by atoms with Crippen LogP contribution in [0.25, 0.3) is 0 Å². The van der Waals surface area contributed by atoms with Crippen LogP contribution in [0, 0.1) is 10.1 Å². The summed E-state index contributed by atoms with van der Waals surface area (Å²) in [6, 6.07) is 4.86. The molecule has 1 fully saturated rings. The van der Waals surface area contributed by atoms with Gasteiger partial charge < -0.3 is 10.5 Å². The van der Waals surface area contributed by atoms with Gasteiger partial charge in [0.25, 0.3) is 5.69 Å². The van der Waals surface area contributed by atoms with E-state index in [1.165, 1.54) is 6.07 Å². The second-order valence-corrected chi connectivity index (χ2v) is 5.56. The van der Waals surface area contributed by atoms with Gasteiger partial charge in [-0.2, -0.15) is 0 Å². The van der Waals surface area contributed by atoms with Gasteiger partial charge in [0.15, 0.2) is 0 Å². The summed E-state index contributed by atoms with van der Waals surface area (Å²) in [4.78, 5) is 12.5. The molecule has 1 aromatic rings. The molecule has 110 valence electrons. The number of hydrogen-bond acceptors (Lipinski definition) is 6. The van der Waals surface area contributed by atoms with Crippen LogP contribution in [-0.2, 0) is 6.54 Å². The number of nitrogen functional groups attached to an aromatic ring is 1. The lowest BCUT2D eigenvalue weighted by Gasteiger charge is -2.36. The van der Waals surface area contributed by atoms with Crippen LogP contribution in [0.1, 0.15) is 25.3 Å². The van der Waals surface area contributed by atoms with Crippen molar-refractivity contribution in [2.24, 2.45) is 5.84 Å². The van der Waals surface area contributed by atoms with Crippen molar-refractivity contribution < 1.29 is 10.0 Å². The fourth-order valence-electron chi connectivity index (χ4n) is 2.67. The first-order valence-electron chi connectivity index (χ1n) is 6.60. The predicted molar refractivity (Wildman–Crippen MR) is 76.0 cm³/mol. The number of nitrogens with two attached hydrogens (primary N) is 1. The fourth-order valence-corrected chi connectivity index (χ4v) is 2.67. The number of rotatable bonds is 4. The van der Waals surface area contributed by atoms with Crippen LogP contribution in [0.15, 0.2) is 18.2 Å². The zero-order valence-corrected chi connectivity index (χ0v) is 11.5. The molecule has 2 rings (SSSR count). The Morgan fingerprint density at radius 1 is 1.60 bits per heavy atom. The summed E-state index contributed by atoms with van der Waals surface area (Å²) in [5.41, 5.74) is 2.90. The molecule has 0 saturated carbocycles. The van der Waals surface area contributed by atoms with Gasteiger partial charge in [0.1, 0.15) is 5.69 Å². The molecule has 0 spiro atoms. The van der Waals surface area contributed by atoms with Gasteiger partial charge in [-0.1, -0.05) is 6.07 Å². The number of hydrazine groups is 1. The predicted octanol–water partition coefficient (Wildman–Crippen LogP) is 1.23. The number of nitro benzene ring substituents is 1. The molecule has 20 heavy (non-hydrogen) atoms. The molecule has 1 saturated heterocycles. The van der Waals surface area contributed by atoms with E-state index in [2.05, 4.69) is 10.3 Å². The second kappa shape index (κ2) is 5.74. The zero-order chi connectivity index (χ0) is 14.8. The van der Waals surface area contributed by atoms with Crippen LogP contribution in [0.5, 0.6) is 0 Å². The number of β-amino-alcohol motifs (C(OH)–C–C–N with tert-alkyl or cyclic N) is 1. The molecule has 1 atom stereocenters. The Balaban J connectivity index is 2.12. The summed E-state index contributed by atoms with van der Waals surface area (Å²) >= 11 is 0. The van der Waals surface area contributed by atoms with Gasteiger partial charge in [0, 0.05) is 19.2 Å². The van der Waals surface area contributed by atoms with Gasteiger partial charge in [-0.15, -0.1) is 0 Å².